The van der Waals surface area contributed by atoms with E-state index in [1.54, 1.807) is 35.5 Å². The Labute approximate surface area is 206 Å². The number of hydrogen-bond donors (Lipinski definition) is 0. The first-order chi connectivity index (χ1) is 17.1. The number of benzene rings is 3. The summed E-state index contributed by atoms with van der Waals surface area (Å²) in [5.41, 5.74) is 4.71. The van der Waals surface area contributed by atoms with Gasteiger partial charge in [0.05, 0.1) is 35.5 Å². The van der Waals surface area contributed by atoms with Crippen molar-refractivity contribution in [2.45, 2.75) is 25.7 Å². The topological polar surface area (TPSA) is 64.6 Å². The van der Waals surface area contributed by atoms with E-state index in [1.807, 2.05) is 18.2 Å². The van der Waals surface area contributed by atoms with Crippen LogP contribution in [0, 0.1) is 0 Å². The Morgan fingerprint density at radius 3 is 1.63 bits per heavy atom. The van der Waals surface area contributed by atoms with Gasteiger partial charge >= 0.3 is 0 Å². The second-order valence-electron chi connectivity index (χ2n) is 8.20. The van der Waals surface area contributed by atoms with Crippen LogP contribution in [0.5, 0.6) is 40.2 Å². The number of methoxy groups -OCH3 is 5. The Morgan fingerprint density at radius 1 is 0.543 bits per heavy atom. The Bertz CT molecular complexity index is 1150. The normalized spacial score (nSPS) is 11.8. The zero-order valence-corrected chi connectivity index (χ0v) is 20.9. The molecule has 0 saturated carbocycles. The van der Waals surface area contributed by atoms with E-state index in [0.29, 0.717) is 17.2 Å². The minimum Gasteiger partial charge on any atom is -0.493 e. The van der Waals surface area contributed by atoms with E-state index in [9.17, 15) is 0 Å². The first-order valence-corrected chi connectivity index (χ1v) is 11.5. The van der Waals surface area contributed by atoms with Crippen molar-refractivity contribution >= 4 is 0 Å². The molecular weight excluding hydrogens is 448 g/mol. The zero-order valence-electron chi connectivity index (χ0n) is 20.9. The van der Waals surface area contributed by atoms with Crippen LogP contribution in [0.25, 0.3) is 0 Å². The highest BCUT2D eigenvalue weighted by molar-refractivity contribution is 5.54. The second-order valence-corrected chi connectivity index (χ2v) is 8.20. The fourth-order valence-corrected chi connectivity index (χ4v) is 4.36. The van der Waals surface area contributed by atoms with Crippen LogP contribution in [0.2, 0.25) is 0 Å². The molecule has 1 heterocycles. The van der Waals surface area contributed by atoms with Crippen LogP contribution in [-0.4, -0.2) is 42.3 Å². The van der Waals surface area contributed by atoms with E-state index in [1.165, 1.54) is 16.7 Å². The maximum Gasteiger partial charge on any atom is 0.231 e. The molecule has 0 atom stereocenters. The molecule has 7 heteroatoms. The van der Waals surface area contributed by atoms with Gasteiger partial charge in [0, 0.05) is 0 Å². The van der Waals surface area contributed by atoms with E-state index in [4.69, 9.17) is 33.2 Å². The fourth-order valence-electron chi connectivity index (χ4n) is 4.36. The lowest BCUT2D eigenvalue weighted by Gasteiger charge is -2.17. The minimum absolute atomic E-state index is 0.277. The van der Waals surface area contributed by atoms with Gasteiger partial charge in [-0.15, -0.1) is 0 Å². The molecule has 1 aliphatic rings. The molecule has 3 aromatic rings. The number of ether oxygens (including phenoxy) is 7. The molecule has 0 aliphatic carbocycles. The smallest absolute Gasteiger partial charge is 0.231 e. The van der Waals surface area contributed by atoms with Crippen LogP contribution in [-0.2, 0) is 25.7 Å². The van der Waals surface area contributed by atoms with Crippen molar-refractivity contribution < 1.29 is 33.2 Å². The highest BCUT2D eigenvalue weighted by Gasteiger charge is 2.17. The van der Waals surface area contributed by atoms with Gasteiger partial charge in [0.15, 0.2) is 34.5 Å². The quantitative estimate of drug-likeness (QED) is 0.381. The molecule has 4 rings (SSSR count). The Hall–Kier alpha value is -3.74. The third-order valence-electron chi connectivity index (χ3n) is 6.23. The number of aryl methyl sites for hydroxylation is 4. The summed E-state index contributed by atoms with van der Waals surface area (Å²) in [4.78, 5) is 0. The van der Waals surface area contributed by atoms with Gasteiger partial charge in [0.2, 0.25) is 12.5 Å². The molecule has 0 radical (unpaired) electrons. The molecule has 0 saturated heterocycles. The highest BCUT2D eigenvalue weighted by atomic mass is 16.7. The first-order valence-electron chi connectivity index (χ1n) is 11.5. The molecule has 1 aliphatic heterocycles. The van der Waals surface area contributed by atoms with Gasteiger partial charge in [-0.2, -0.15) is 0 Å². The van der Waals surface area contributed by atoms with Crippen molar-refractivity contribution in [3.63, 3.8) is 0 Å². The Morgan fingerprint density at radius 2 is 1.09 bits per heavy atom. The summed E-state index contributed by atoms with van der Waals surface area (Å²) in [5, 5.41) is 0. The van der Waals surface area contributed by atoms with Crippen LogP contribution < -0.4 is 33.2 Å². The highest BCUT2D eigenvalue weighted by Crippen LogP contribution is 2.39. The Kier molecular flexibility index (Phi) is 7.75. The van der Waals surface area contributed by atoms with Gasteiger partial charge in [0.1, 0.15) is 0 Å². The van der Waals surface area contributed by atoms with E-state index >= 15 is 0 Å². The molecule has 3 aromatic carbocycles. The third-order valence-corrected chi connectivity index (χ3v) is 6.23. The van der Waals surface area contributed by atoms with Crippen LogP contribution in [0.4, 0.5) is 0 Å². The number of rotatable bonds is 11. The third kappa shape index (κ3) is 5.34. The van der Waals surface area contributed by atoms with Gasteiger partial charge < -0.3 is 33.2 Å². The summed E-state index contributed by atoms with van der Waals surface area (Å²) in [6, 6.07) is 14.3. The second kappa shape index (κ2) is 11.1. The summed E-state index contributed by atoms with van der Waals surface area (Å²) in [6.07, 6.45) is 3.33. The van der Waals surface area contributed by atoms with Crippen LogP contribution in [0.3, 0.4) is 0 Å². The van der Waals surface area contributed by atoms with Crippen molar-refractivity contribution in [2.75, 3.05) is 42.3 Å². The standard InChI is InChI=1S/C28H32O7/c1-29-23-15-20(9-6-18-8-11-22-25(12-18)35-17-34-22)21(16-24(23)30-2)10-7-19-13-26(31-3)28(33-5)27(14-19)32-4/h8,11-16H,6-7,9-10,17H2,1-5H3. The SMILES string of the molecule is COc1cc(CCc2ccc3c(c2)OCO3)c(CCc2cc(OC)c(OC)c(OC)c2)cc1OC. The van der Waals surface area contributed by atoms with E-state index in [2.05, 4.69) is 24.3 Å². The zero-order chi connectivity index (χ0) is 24.8. The predicted octanol–water partition coefficient (Wildman–Crippen LogP) is 5.03. The van der Waals surface area contributed by atoms with E-state index in [-0.39, 0.29) is 6.79 Å². The molecule has 0 aromatic heterocycles. The van der Waals surface area contributed by atoms with Crippen molar-refractivity contribution in [3.8, 4) is 40.2 Å². The van der Waals surface area contributed by atoms with E-state index < -0.39 is 0 Å². The molecule has 35 heavy (non-hydrogen) atoms. The Balaban J connectivity index is 1.57. The summed E-state index contributed by atoms with van der Waals surface area (Å²) in [7, 11) is 8.19. The van der Waals surface area contributed by atoms with Crippen molar-refractivity contribution in [3.05, 3.63) is 64.7 Å². The average molecular weight is 481 g/mol. The summed E-state index contributed by atoms with van der Waals surface area (Å²) >= 11 is 0. The van der Waals surface area contributed by atoms with Crippen LogP contribution in [0.15, 0.2) is 42.5 Å². The monoisotopic (exact) mass is 480 g/mol. The van der Waals surface area contributed by atoms with Gasteiger partial charge in [-0.3, -0.25) is 0 Å². The summed E-state index contributed by atoms with van der Waals surface area (Å²) in [5.74, 6) is 4.94. The molecule has 0 N–H and O–H groups in total. The van der Waals surface area contributed by atoms with Crippen LogP contribution in [0.1, 0.15) is 22.3 Å². The number of fused-ring (bicyclic) bond motifs is 1. The van der Waals surface area contributed by atoms with Crippen molar-refractivity contribution in [2.24, 2.45) is 0 Å². The largest absolute Gasteiger partial charge is 0.493 e. The van der Waals surface area contributed by atoms with E-state index in [0.717, 1.165) is 54.2 Å². The maximum atomic E-state index is 5.59. The molecule has 186 valence electrons. The van der Waals surface area contributed by atoms with Crippen molar-refractivity contribution in [1.82, 2.24) is 0 Å². The minimum atomic E-state index is 0.277. The molecule has 0 spiro atoms. The van der Waals surface area contributed by atoms with Gasteiger partial charge in [-0.05, 0) is 84.3 Å². The first kappa shape index (κ1) is 24.4. The van der Waals surface area contributed by atoms with Crippen molar-refractivity contribution in [1.29, 1.82) is 0 Å². The molecule has 0 amide bonds. The van der Waals surface area contributed by atoms with Gasteiger partial charge in [0.25, 0.3) is 0 Å². The van der Waals surface area contributed by atoms with Gasteiger partial charge in [-0.1, -0.05) is 6.07 Å². The summed E-state index contributed by atoms with van der Waals surface area (Å²) in [6.45, 7) is 0.277. The summed E-state index contributed by atoms with van der Waals surface area (Å²) < 4.78 is 38.6. The average Bonchev–Trinajstić information content (AvgIpc) is 3.37. The lowest BCUT2D eigenvalue weighted by atomic mass is 9.94. The molecule has 7 nitrogen and oxygen atoms in total. The predicted molar refractivity (Wildman–Crippen MR) is 133 cm³/mol. The lowest BCUT2D eigenvalue weighted by molar-refractivity contribution is 0.174. The fraction of sp³-hybridized carbons (Fsp3) is 0.357. The molecule has 0 unspecified atom stereocenters. The molecule has 0 fully saturated rings. The molecular formula is C28H32O7. The number of hydrogen-bond acceptors (Lipinski definition) is 7. The molecule has 0 bridgehead atoms. The maximum absolute atomic E-state index is 5.59. The lowest BCUT2D eigenvalue weighted by Crippen LogP contribution is -2.03. The van der Waals surface area contributed by atoms with Crippen LogP contribution >= 0.6 is 0 Å². The van der Waals surface area contributed by atoms with Gasteiger partial charge in [-0.25, -0.2) is 0 Å².